The Balaban J connectivity index is 1.41. The summed E-state index contributed by atoms with van der Waals surface area (Å²) in [7, 11) is 0. The van der Waals surface area contributed by atoms with E-state index in [2.05, 4.69) is 29.2 Å². The Kier molecular flexibility index (Phi) is 5.87. The molecule has 134 valence electrons. The van der Waals surface area contributed by atoms with Crippen LogP contribution >= 0.6 is 0 Å². The largest absolute Gasteiger partial charge is 0.339 e. The summed E-state index contributed by atoms with van der Waals surface area (Å²) in [6, 6.07) is 10.6. The van der Waals surface area contributed by atoms with Crippen LogP contribution in [0.5, 0.6) is 0 Å². The molecule has 1 saturated heterocycles. The van der Waals surface area contributed by atoms with Crippen LogP contribution in [0.15, 0.2) is 36.4 Å². The zero-order valence-corrected chi connectivity index (χ0v) is 14.9. The molecule has 0 atom stereocenters. The molecule has 3 rings (SSSR count). The van der Waals surface area contributed by atoms with E-state index in [1.165, 1.54) is 5.56 Å². The maximum atomic E-state index is 12.5. The maximum absolute atomic E-state index is 12.5. The van der Waals surface area contributed by atoms with Crippen molar-refractivity contribution in [3.8, 4) is 0 Å². The van der Waals surface area contributed by atoms with E-state index in [4.69, 9.17) is 0 Å². The first-order valence-electron chi connectivity index (χ1n) is 9.12. The average Bonchev–Trinajstić information content (AvgIpc) is 3.45. The molecule has 0 spiro atoms. The van der Waals surface area contributed by atoms with Gasteiger partial charge in [-0.3, -0.25) is 14.5 Å². The number of hydrogen-bond acceptors (Lipinski definition) is 3. The van der Waals surface area contributed by atoms with Gasteiger partial charge in [-0.05, 0) is 18.4 Å². The van der Waals surface area contributed by atoms with Crippen LogP contribution in [-0.2, 0) is 9.59 Å². The van der Waals surface area contributed by atoms with Gasteiger partial charge >= 0.3 is 0 Å². The van der Waals surface area contributed by atoms with E-state index in [9.17, 15) is 9.59 Å². The van der Waals surface area contributed by atoms with Crippen molar-refractivity contribution in [3.05, 3.63) is 42.0 Å². The van der Waals surface area contributed by atoms with Gasteiger partial charge in [0.1, 0.15) is 0 Å². The van der Waals surface area contributed by atoms with Gasteiger partial charge in [0.05, 0.1) is 6.54 Å². The molecule has 2 amide bonds. The van der Waals surface area contributed by atoms with Crippen molar-refractivity contribution < 1.29 is 9.59 Å². The molecule has 1 aromatic rings. The summed E-state index contributed by atoms with van der Waals surface area (Å²) in [5.41, 5.74) is 1.21. The Morgan fingerprint density at radius 3 is 2.40 bits per heavy atom. The molecule has 0 N–H and O–H groups in total. The van der Waals surface area contributed by atoms with Crippen LogP contribution in [0.2, 0.25) is 0 Å². The van der Waals surface area contributed by atoms with Crippen molar-refractivity contribution in [1.29, 1.82) is 0 Å². The van der Waals surface area contributed by atoms with Crippen molar-refractivity contribution in [2.24, 2.45) is 0 Å². The fraction of sp³-hybridized carbons (Fsp3) is 0.500. The molecule has 25 heavy (non-hydrogen) atoms. The van der Waals surface area contributed by atoms with Crippen LogP contribution in [0, 0.1) is 0 Å². The quantitative estimate of drug-likeness (QED) is 0.793. The van der Waals surface area contributed by atoms with E-state index in [-0.39, 0.29) is 18.4 Å². The summed E-state index contributed by atoms with van der Waals surface area (Å²) >= 11 is 0. The predicted octanol–water partition coefficient (Wildman–Crippen LogP) is 1.85. The van der Waals surface area contributed by atoms with Gasteiger partial charge in [0.15, 0.2) is 0 Å². The molecule has 1 heterocycles. The van der Waals surface area contributed by atoms with Gasteiger partial charge in [-0.15, -0.1) is 0 Å². The highest BCUT2D eigenvalue weighted by atomic mass is 16.2. The van der Waals surface area contributed by atoms with E-state index < -0.39 is 0 Å². The minimum atomic E-state index is 0.0144. The van der Waals surface area contributed by atoms with E-state index in [0.717, 1.165) is 45.6 Å². The van der Waals surface area contributed by atoms with Gasteiger partial charge in [-0.25, -0.2) is 0 Å². The number of carbonyl (C=O) groups is 2. The molecule has 0 aromatic heterocycles. The lowest BCUT2D eigenvalue weighted by atomic mass is 10.2. The van der Waals surface area contributed by atoms with Crippen LogP contribution in [0.3, 0.4) is 0 Å². The van der Waals surface area contributed by atoms with Crippen LogP contribution < -0.4 is 0 Å². The normalized spacial score (nSPS) is 18.5. The first-order valence-corrected chi connectivity index (χ1v) is 9.12. The van der Waals surface area contributed by atoms with Crippen molar-refractivity contribution in [3.63, 3.8) is 0 Å². The number of rotatable bonds is 6. The second-order valence-electron chi connectivity index (χ2n) is 6.87. The average molecular weight is 341 g/mol. The maximum Gasteiger partial charge on any atom is 0.242 e. The molecule has 5 heteroatoms. The van der Waals surface area contributed by atoms with Gasteiger partial charge in [0.25, 0.3) is 0 Å². The third kappa shape index (κ3) is 5.16. The zero-order chi connectivity index (χ0) is 17.6. The van der Waals surface area contributed by atoms with Gasteiger partial charge in [0.2, 0.25) is 11.8 Å². The molecule has 0 unspecified atom stereocenters. The molecule has 2 fully saturated rings. The van der Waals surface area contributed by atoms with Gasteiger partial charge in [-0.2, -0.15) is 0 Å². The molecular weight excluding hydrogens is 314 g/mol. The third-order valence-electron chi connectivity index (χ3n) is 4.90. The highest BCUT2D eigenvalue weighted by molar-refractivity contribution is 5.84. The molecule has 0 bridgehead atoms. The molecule has 5 nitrogen and oxygen atoms in total. The number of nitrogens with zero attached hydrogens (tertiary/aromatic N) is 3. The smallest absolute Gasteiger partial charge is 0.242 e. The number of benzene rings is 1. The predicted molar refractivity (Wildman–Crippen MR) is 98.9 cm³/mol. The second kappa shape index (κ2) is 8.30. The Morgan fingerprint density at radius 2 is 1.80 bits per heavy atom. The lowest BCUT2D eigenvalue weighted by molar-refractivity contribution is -0.140. The van der Waals surface area contributed by atoms with E-state index >= 15 is 0 Å². The Labute approximate surface area is 149 Å². The monoisotopic (exact) mass is 341 g/mol. The van der Waals surface area contributed by atoms with Crippen molar-refractivity contribution in [2.45, 2.75) is 25.8 Å². The highest BCUT2D eigenvalue weighted by Gasteiger charge is 2.33. The minimum Gasteiger partial charge on any atom is -0.339 e. The Morgan fingerprint density at radius 1 is 1.12 bits per heavy atom. The van der Waals surface area contributed by atoms with Crippen molar-refractivity contribution in [1.82, 2.24) is 14.7 Å². The lowest BCUT2D eigenvalue weighted by Crippen LogP contribution is -2.51. The summed E-state index contributed by atoms with van der Waals surface area (Å²) in [6.45, 7) is 5.96. The van der Waals surface area contributed by atoms with Crippen molar-refractivity contribution >= 4 is 17.9 Å². The van der Waals surface area contributed by atoms with Crippen LogP contribution in [0.4, 0.5) is 0 Å². The molecule has 1 aliphatic heterocycles. The van der Waals surface area contributed by atoms with Gasteiger partial charge < -0.3 is 9.80 Å². The summed E-state index contributed by atoms with van der Waals surface area (Å²) in [6.07, 6.45) is 6.39. The molecule has 1 aliphatic carbocycles. The summed E-state index contributed by atoms with van der Waals surface area (Å²) in [5.74, 6) is 0.0992. The van der Waals surface area contributed by atoms with Crippen LogP contribution in [0.25, 0.3) is 6.08 Å². The third-order valence-corrected chi connectivity index (χ3v) is 4.90. The second-order valence-corrected chi connectivity index (χ2v) is 6.87. The number of amides is 2. The number of piperazine rings is 1. The zero-order valence-electron chi connectivity index (χ0n) is 14.9. The minimum absolute atomic E-state index is 0.0144. The van der Waals surface area contributed by atoms with Crippen molar-refractivity contribution in [2.75, 3.05) is 39.3 Å². The van der Waals surface area contributed by atoms with Gasteiger partial charge in [0, 0.05) is 45.7 Å². The Bertz CT molecular complexity index is 617. The summed E-state index contributed by atoms with van der Waals surface area (Å²) < 4.78 is 0. The van der Waals surface area contributed by atoms with Crippen LogP contribution in [-0.4, -0.2) is 71.8 Å². The van der Waals surface area contributed by atoms with E-state index in [0.29, 0.717) is 6.04 Å². The molecular formula is C20H27N3O2. The molecule has 0 radical (unpaired) electrons. The fourth-order valence-corrected chi connectivity index (χ4v) is 3.21. The Hall–Kier alpha value is -2.14. The first kappa shape index (κ1) is 17.7. The highest BCUT2D eigenvalue weighted by Crippen LogP contribution is 2.26. The summed E-state index contributed by atoms with van der Waals surface area (Å²) in [4.78, 5) is 30.1. The van der Waals surface area contributed by atoms with E-state index in [1.54, 1.807) is 11.8 Å². The molecule has 1 saturated carbocycles. The van der Waals surface area contributed by atoms with Gasteiger partial charge in [-0.1, -0.05) is 42.5 Å². The standard InChI is InChI=1S/C20H27N3O2/c1-17(24)23(19-9-10-19)16-20(25)22-14-12-21(13-15-22)11-5-8-18-6-3-2-4-7-18/h2-8,19H,9-16H2,1H3/b8-5+. The molecule has 2 aliphatic rings. The number of hydrogen-bond donors (Lipinski definition) is 0. The van der Waals surface area contributed by atoms with E-state index in [1.807, 2.05) is 23.1 Å². The first-order chi connectivity index (χ1) is 12.1. The fourth-order valence-electron chi connectivity index (χ4n) is 3.21. The lowest BCUT2D eigenvalue weighted by Gasteiger charge is -2.35. The van der Waals surface area contributed by atoms with Crippen LogP contribution in [0.1, 0.15) is 25.3 Å². The molecule has 1 aromatic carbocycles. The summed E-state index contributed by atoms with van der Waals surface area (Å²) in [5, 5.41) is 0. The SMILES string of the molecule is CC(=O)N(CC(=O)N1CCN(C/C=C/c2ccccc2)CC1)C1CC1. The number of carbonyl (C=O) groups excluding carboxylic acids is 2. The topological polar surface area (TPSA) is 43.9 Å².